The van der Waals surface area contributed by atoms with E-state index in [0.29, 0.717) is 5.03 Å². The van der Waals surface area contributed by atoms with E-state index in [4.69, 9.17) is 22.6 Å². The van der Waals surface area contributed by atoms with E-state index in [1.807, 2.05) is 18.2 Å². The summed E-state index contributed by atoms with van der Waals surface area (Å²) < 4.78 is 0. The van der Waals surface area contributed by atoms with E-state index in [1.165, 1.54) is 0 Å². The van der Waals surface area contributed by atoms with Gasteiger partial charge in [0.25, 0.3) is 0 Å². The van der Waals surface area contributed by atoms with Gasteiger partial charge in [-0.1, -0.05) is 41.9 Å². The average Bonchev–Trinajstić information content (AvgIpc) is 2.17. The van der Waals surface area contributed by atoms with E-state index in [1.54, 1.807) is 18.2 Å². The molecule has 2 N–H and O–H groups in total. The molecule has 0 spiro atoms. The Balaban J connectivity index is 3.11. The third-order valence-electron chi connectivity index (χ3n) is 1.38. The lowest BCUT2D eigenvalue weighted by Crippen LogP contribution is -1.95. The molecule has 1 aromatic rings. The Morgan fingerprint density at radius 1 is 1.33 bits per heavy atom. The summed E-state index contributed by atoms with van der Waals surface area (Å²) in [6.45, 7) is 0. The molecule has 0 bridgehead atoms. The summed E-state index contributed by atoms with van der Waals surface area (Å²) in [4.78, 5) is 0. The Labute approximate surface area is 75.9 Å². The number of halogens is 1. The molecule has 0 saturated carbocycles. The van der Waals surface area contributed by atoms with Crippen molar-refractivity contribution in [3.05, 3.63) is 41.6 Å². The second kappa shape index (κ2) is 3.80. The van der Waals surface area contributed by atoms with E-state index < -0.39 is 0 Å². The Hall–Kier alpha value is -1.46. The van der Waals surface area contributed by atoms with E-state index >= 15 is 0 Å². The van der Waals surface area contributed by atoms with Crippen LogP contribution in [0.2, 0.25) is 0 Å². The molecule has 0 heterocycles. The molecular formula is C9H7ClN2. The number of nitrogens with two attached hydrogens (primary N) is 1. The highest BCUT2D eigenvalue weighted by atomic mass is 35.5. The topological polar surface area (TPSA) is 49.8 Å². The lowest BCUT2D eigenvalue weighted by Gasteiger charge is -1.97. The van der Waals surface area contributed by atoms with Crippen molar-refractivity contribution < 1.29 is 0 Å². The zero-order chi connectivity index (χ0) is 8.97. The molecule has 2 nitrogen and oxygen atoms in total. The van der Waals surface area contributed by atoms with Gasteiger partial charge >= 0.3 is 0 Å². The molecule has 60 valence electrons. The number of rotatable bonds is 1. The van der Waals surface area contributed by atoms with Crippen LogP contribution in [0.3, 0.4) is 0 Å². The van der Waals surface area contributed by atoms with Crippen LogP contribution in [0.4, 0.5) is 0 Å². The number of nitrogens with zero attached hydrogens (tertiary/aromatic N) is 1. The van der Waals surface area contributed by atoms with Gasteiger partial charge in [0, 0.05) is 0 Å². The molecular weight excluding hydrogens is 172 g/mol. The number of nitriles is 1. The minimum atomic E-state index is 0.0443. The summed E-state index contributed by atoms with van der Waals surface area (Å²) in [7, 11) is 0. The second-order valence-corrected chi connectivity index (χ2v) is 2.58. The van der Waals surface area contributed by atoms with Crippen molar-refractivity contribution in [3.63, 3.8) is 0 Å². The summed E-state index contributed by atoms with van der Waals surface area (Å²) in [6.07, 6.45) is 0. The Bertz CT molecular complexity index is 335. The molecule has 12 heavy (non-hydrogen) atoms. The lowest BCUT2D eigenvalue weighted by molar-refractivity contribution is 1.40. The maximum Gasteiger partial charge on any atom is 0.130 e. The average molecular weight is 179 g/mol. The van der Waals surface area contributed by atoms with Crippen LogP contribution in [0.25, 0.3) is 5.03 Å². The smallest absolute Gasteiger partial charge is 0.130 e. The maximum atomic E-state index is 8.45. The predicted molar refractivity (Wildman–Crippen MR) is 49.0 cm³/mol. The molecule has 1 aromatic carbocycles. The lowest BCUT2D eigenvalue weighted by atomic mass is 10.2. The molecule has 0 aliphatic rings. The van der Waals surface area contributed by atoms with Gasteiger partial charge in [-0.05, 0) is 5.56 Å². The molecule has 0 radical (unpaired) electrons. The standard InChI is InChI=1S/C9H7ClN2/c10-9(8(12)6-11)7-4-2-1-3-5-7/h1-5H,12H2/b9-8+. The number of benzene rings is 1. The largest absolute Gasteiger partial charge is 0.389 e. The predicted octanol–water partition coefficient (Wildman–Crippen LogP) is 2.08. The van der Waals surface area contributed by atoms with Crippen LogP contribution in [0.1, 0.15) is 5.56 Å². The highest BCUT2D eigenvalue weighted by Crippen LogP contribution is 2.19. The third-order valence-corrected chi connectivity index (χ3v) is 1.81. The summed E-state index contributed by atoms with van der Waals surface area (Å²) in [5.41, 5.74) is 6.14. The van der Waals surface area contributed by atoms with E-state index in [-0.39, 0.29) is 5.70 Å². The minimum Gasteiger partial charge on any atom is -0.389 e. The molecule has 1 rings (SSSR count). The van der Waals surface area contributed by atoms with Gasteiger partial charge in [0.15, 0.2) is 0 Å². The van der Waals surface area contributed by atoms with E-state index in [9.17, 15) is 0 Å². The monoisotopic (exact) mass is 178 g/mol. The quantitative estimate of drug-likeness (QED) is 0.670. The molecule has 0 aromatic heterocycles. The normalized spacial score (nSPS) is 11.7. The maximum absolute atomic E-state index is 8.45. The Morgan fingerprint density at radius 3 is 2.42 bits per heavy atom. The SMILES string of the molecule is N#C/C(N)=C(\Cl)c1ccccc1. The van der Waals surface area contributed by atoms with Crippen molar-refractivity contribution in [1.29, 1.82) is 5.26 Å². The first-order valence-electron chi connectivity index (χ1n) is 3.36. The fraction of sp³-hybridized carbons (Fsp3) is 0. The Morgan fingerprint density at radius 2 is 1.92 bits per heavy atom. The van der Waals surface area contributed by atoms with Crippen molar-refractivity contribution in [3.8, 4) is 6.07 Å². The van der Waals surface area contributed by atoms with Crippen LogP contribution in [0.5, 0.6) is 0 Å². The van der Waals surface area contributed by atoms with Gasteiger partial charge in [-0.15, -0.1) is 0 Å². The molecule has 3 heteroatoms. The van der Waals surface area contributed by atoms with Crippen molar-refractivity contribution in [2.75, 3.05) is 0 Å². The van der Waals surface area contributed by atoms with Crippen LogP contribution in [0.15, 0.2) is 36.0 Å². The van der Waals surface area contributed by atoms with Gasteiger partial charge in [-0.2, -0.15) is 5.26 Å². The number of hydrogen-bond acceptors (Lipinski definition) is 2. The van der Waals surface area contributed by atoms with E-state index in [0.717, 1.165) is 5.56 Å². The van der Waals surface area contributed by atoms with Crippen molar-refractivity contribution in [2.45, 2.75) is 0 Å². The van der Waals surface area contributed by atoms with Crippen LogP contribution in [0, 0.1) is 11.3 Å². The molecule has 0 atom stereocenters. The zero-order valence-corrected chi connectivity index (χ0v) is 7.05. The summed E-state index contributed by atoms with van der Waals surface area (Å²) in [5, 5.41) is 8.75. The van der Waals surface area contributed by atoms with Crippen LogP contribution < -0.4 is 5.73 Å². The van der Waals surface area contributed by atoms with Crippen LogP contribution in [-0.2, 0) is 0 Å². The van der Waals surface area contributed by atoms with Crippen molar-refractivity contribution in [2.24, 2.45) is 5.73 Å². The first kappa shape index (κ1) is 8.63. The van der Waals surface area contributed by atoms with Crippen LogP contribution in [-0.4, -0.2) is 0 Å². The second-order valence-electron chi connectivity index (χ2n) is 2.21. The molecule has 0 aliphatic heterocycles. The highest BCUT2D eigenvalue weighted by molar-refractivity contribution is 6.49. The summed E-state index contributed by atoms with van der Waals surface area (Å²) in [6, 6.07) is 10.9. The fourth-order valence-electron chi connectivity index (χ4n) is 0.789. The summed E-state index contributed by atoms with van der Waals surface area (Å²) in [5.74, 6) is 0. The number of hydrogen-bond donors (Lipinski definition) is 1. The third kappa shape index (κ3) is 1.77. The Kier molecular flexibility index (Phi) is 2.73. The molecule has 0 fully saturated rings. The zero-order valence-electron chi connectivity index (χ0n) is 6.29. The molecule has 0 aliphatic carbocycles. The van der Waals surface area contributed by atoms with Gasteiger partial charge in [0.1, 0.15) is 11.8 Å². The van der Waals surface area contributed by atoms with Crippen molar-refractivity contribution in [1.82, 2.24) is 0 Å². The minimum absolute atomic E-state index is 0.0443. The highest BCUT2D eigenvalue weighted by Gasteiger charge is 2.00. The van der Waals surface area contributed by atoms with Gasteiger partial charge in [-0.3, -0.25) is 0 Å². The van der Waals surface area contributed by atoms with Gasteiger partial charge < -0.3 is 5.73 Å². The van der Waals surface area contributed by atoms with E-state index in [2.05, 4.69) is 0 Å². The first-order chi connectivity index (χ1) is 5.75. The van der Waals surface area contributed by atoms with Crippen molar-refractivity contribution >= 4 is 16.6 Å². The van der Waals surface area contributed by atoms with Crippen LogP contribution >= 0.6 is 11.6 Å². The first-order valence-corrected chi connectivity index (χ1v) is 3.74. The van der Waals surface area contributed by atoms with Gasteiger partial charge in [0.2, 0.25) is 0 Å². The van der Waals surface area contributed by atoms with Gasteiger partial charge in [-0.25, -0.2) is 0 Å². The fourth-order valence-corrected chi connectivity index (χ4v) is 0.957. The molecule has 0 amide bonds. The molecule has 0 saturated heterocycles. The van der Waals surface area contributed by atoms with Gasteiger partial charge in [0.05, 0.1) is 5.03 Å². The summed E-state index contributed by atoms with van der Waals surface area (Å²) >= 11 is 5.79. The molecule has 0 unspecified atom stereocenters. The number of allylic oxidation sites excluding steroid dienone is 1.